The summed E-state index contributed by atoms with van der Waals surface area (Å²) >= 11 is 0. The van der Waals surface area contributed by atoms with Crippen LogP contribution in [0.5, 0.6) is 5.75 Å². The highest BCUT2D eigenvalue weighted by Gasteiger charge is 2.32. The van der Waals surface area contributed by atoms with Gasteiger partial charge < -0.3 is 35.0 Å². The molecule has 2 aromatic carbocycles. The van der Waals surface area contributed by atoms with Gasteiger partial charge in [-0.2, -0.15) is 0 Å². The molecule has 0 heterocycles. The fourth-order valence-corrected chi connectivity index (χ4v) is 4.73. The third-order valence-electron chi connectivity index (χ3n) is 5.71. The largest absolute Gasteiger partial charge is 0.494 e. The van der Waals surface area contributed by atoms with Gasteiger partial charge in [-0.15, -0.1) is 0 Å². The van der Waals surface area contributed by atoms with E-state index in [0.29, 0.717) is 23.4 Å². The van der Waals surface area contributed by atoms with Crippen LogP contribution in [0.1, 0.15) is 18.9 Å². The summed E-state index contributed by atoms with van der Waals surface area (Å²) in [4.78, 5) is 10.4. The fraction of sp³-hybridized carbons (Fsp3) is 0.385. The zero-order valence-corrected chi connectivity index (χ0v) is 20.7. The first-order valence-corrected chi connectivity index (χ1v) is 13.5. The summed E-state index contributed by atoms with van der Waals surface area (Å²) in [7, 11) is -3.62. The lowest BCUT2D eigenvalue weighted by atomic mass is 9.94. The molecule has 0 amide bonds. The molecule has 3 rings (SSSR count). The van der Waals surface area contributed by atoms with Crippen LogP contribution < -0.4 is 15.4 Å². The van der Waals surface area contributed by atoms with Crippen LogP contribution in [0.3, 0.4) is 0 Å². The average Bonchev–Trinajstić information content (AvgIpc) is 2.84. The molecular weight excluding hydrogens is 469 g/mol. The molecule has 190 valence electrons. The second kappa shape index (κ2) is 12.5. The predicted molar refractivity (Wildman–Crippen MR) is 135 cm³/mol. The van der Waals surface area contributed by atoms with Gasteiger partial charge in [0.1, 0.15) is 11.5 Å². The third-order valence-corrected chi connectivity index (χ3v) is 7.30. The topological polar surface area (TPSA) is 128 Å². The molecule has 0 aromatic heterocycles. The van der Waals surface area contributed by atoms with Crippen molar-refractivity contribution >= 4 is 12.7 Å². The number of aliphatic hydroxyl groups is 3. The Balaban J connectivity index is 1.37. The average molecular weight is 504 g/mol. The van der Waals surface area contributed by atoms with Crippen LogP contribution in [-0.2, 0) is 15.7 Å². The summed E-state index contributed by atoms with van der Waals surface area (Å²) < 4.78 is 23.8. The van der Waals surface area contributed by atoms with Gasteiger partial charge in [-0.3, -0.25) is 4.57 Å². The zero-order chi connectivity index (χ0) is 25.3. The molecule has 0 radical (unpaired) electrons. The van der Waals surface area contributed by atoms with Crippen LogP contribution in [0.25, 0.3) is 0 Å². The monoisotopic (exact) mass is 503 g/mol. The quantitative estimate of drug-likeness (QED) is 0.160. The Bertz CT molecular complexity index is 1040. The van der Waals surface area contributed by atoms with Crippen molar-refractivity contribution in [2.45, 2.75) is 31.6 Å². The third kappa shape index (κ3) is 8.32. The molecule has 1 aliphatic carbocycles. The molecule has 0 spiro atoms. The van der Waals surface area contributed by atoms with Crippen molar-refractivity contribution in [2.75, 3.05) is 26.1 Å². The van der Waals surface area contributed by atoms with E-state index in [1.807, 2.05) is 30.3 Å². The summed E-state index contributed by atoms with van der Waals surface area (Å²) in [6.45, 7) is 2.86. The second-order valence-corrected chi connectivity index (χ2v) is 10.9. The van der Waals surface area contributed by atoms with Crippen molar-refractivity contribution in [1.82, 2.24) is 5.32 Å². The molecule has 0 saturated heterocycles. The van der Waals surface area contributed by atoms with E-state index in [1.165, 1.54) is 18.2 Å². The molecule has 3 atom stereocenters. The lowest BCUT2D eigenvalue weighted by Gasteiger charge is -2.28. The highest BCUT2D eigenvalue weighted by atomic mass is 31.2. The Morgan fingerprint density at radius 2 is 1.80 bits per heavy atom. The Hall–Kier alpha value is -2.45. The first kappa shape index (κ1) is 27.1. The maximum atomic E-state index is 12.7. The standard InChI is InChI=1S/C26H34NO7P/c1-20(27-14-5-15-33-24-12-13-26(29,30)22(17-24)18-28)16-21-8-10-25(11-9-21)35(31,32)19-34-23-6-3-2-4-7-23/h2-4,6-13,17,20,22,27-30H,5,14-16,18-19H2,1H3,(H,31,32). The van der Waals surface area contributed by atoms with Crippen molar-refractivity contribution in [1.29, 1.82) is 0 Å². The Labute approximate surface area is 206 Å². The van der Waals surface area contributed by atoms with Gasteiger partial charge in [-0.25, -0.2) is 0 Å². The highest BCUT2D eigenvalue weighted by Crippen LogP contribution is 2.39. The van der Waals surface area contributed by atoms with Gasteiger partial charge in [0.2, 0.25) is 0 Å². The Morgan fingerprint density at radius 1 is 1.09 bits per heavy atom. The normalized spacial score (nSPS) is 19.5. The van der Waals surface area contributed by atoms with Gasteiger partial charge in [0.05, 0.1) is 19.1 Å². The molecule has 9 heteroatoms. The molecule has 8 nitrogen and oxygen atoms in total. The molecule has 35 heavy (non-hydrogen) atoms. The van der Waals surface area contributed by atoms with E-state index in [2.05, 4.69) is 12.2 Å². The number of aliphatic hydroxyl groups excluding tert-OH is 1. The van der Waals surface area contributed by atoms with Crippen LogP contribution in [0, 0.1) is 5.92 Å². The first-order valence-electron chi connectivity index (χ1n) is 11.6. The lowest BCUT2D eigenvalue weighted by molar-refractivity contribution is -0.157. The summed E-state index contributed by atoms with van der Waals surface area (Å²) in [5, 5.41) is 32.5. The predicted octanol–water partition coefficient (Wildman–Crippen LogP) is 2.29. The van der Waals surface area contributed by atoms with Gasteiger partial charge in [0.15, 0.2) is 12.1 Å². The minimum atomic E-state index is -3.62. The number of hydrogen-bond acceptors (Lipinski definition) is 7. The van der Waals surface area contributed by atoms with E-state index in [-0.39, 0.29) is 19.0 Å². The minimum absolute atomic E-state index is 0.195. The maximum Gasteiger partial charge on any atom is 0.265 e. The van der Waals surface area contributed by atoms with Gasteiger partial charge in [0, 0.05) is 11.3 Å². The van der Waals surface area contributed by atoms with Gasteiger partial charge in [-0.05, 0) is 74.4 Å². The number of para-hydroxylation sites is 1. The molecule has 0 saturated carbocycles. The second-order valence-electron chi connectivity index (χ2n) is 8.69. The van der Waals surface area contributed by atoms with Gasteiger partial charge in [-0.1, -0.05) is 30.3 Å². The highest BCUT2D eigenvalue weighted by molar-refractivity contribution is 7.65. The molecule has 0 aliphatic heterocycles. The summed E-state index contributed by atoms with van der Waals surface area (Å²) in [5.41, 5.74) is 1.05. The molecule has 2 aromatic rings. The lowest BCUT2D eigenvalue weighted by Crippen LogP contribution is -2.38. The van der Waals surface area contributed by atoms with Crippen molar-refractivity contribution in [3.05, 3.63) is 84.1 Å². The number of rotatable bonds is 13. The van der Waals surface area contributed by atoms with Crippen molar-refractivity contribution in [3.8, 4) is 5.75 Å². The van der Waals surface area contributed by atoms with Crippen LogP contribution in [0.2, 0.25) is 0 Å². The molecule has 5 N–H and O–H groups in total. The minimum Gasteiger partial charge on any atom is -0.494 e. The van der Waals surface area contributed by atoms with E-state index in [4.69, 9.17) is 9.47 Å². The maximum absolute atomic E-state index is 12.7. The molecule has 0 fully saturated rings. The zero-order valence-electron chi connectivity index (χ0n) is 19.8. The SMILES string of the molecule is CC(Cc1ccc(P(=O)(O)COc2ccccc2)cc1)NCCCOC1=CC(CO)C(O)(O)C=C1. The Kier molecular flexibility index (Phi) is 9.69. The van der Waals surface area contributed by atoms with E-state index in [0.717, 1.165) is 24.9 Å². The van der Waals surface area contributed by atoms with E-state index in [9.17, 15) is 24.8 Å². The van der Waals surface area contributed by atoms with E-state index >= 15 is 0 Å². The van der Waals surface area contributed by atoms with Crippen molar-refractivity contribution in [2.24, 2.45) is 5.92 Å². The first-order chi connectivity index (χ1) is 16.7. The van der Waals surface area contributed by atoms with Crippen LogP contribution in [0.4, 0.5) is 0 Å². The van der Waals surface area contributed by atoms with Crippen LogP contribution >= 0.6 is 7.37 Å². The number of benzene rings is 2. The summed E-state index contributed by atoms with van der Waals surface area (Å²) in [6.07, 6.45) is 5.45. The number of nitrogens with one attached hydrogen (secondary N) is 1. The van der Waals surface area contributed by atoms with Gasteiger partial charge in [0.25, 0.3) is 7.37 Å². The summed E-state index contributed by atoms with van der Waals surface area (Å²) in [5.74, 6) is -1.81. The number of ether oxygens (including phenoxy) is 2. The van der Waals surface area contributed by atoms with Crippen molar-refractivity contribution in [3.63, 3.8) is 0 Å². The van der Waals surface area contributed by atoms with Crippen LogP contribution in [0.15, 0.2) is 78.6 Å². The smallest absolute Gasteiger partial charge is 0.265 e. The molecule has 1 aliphatic rings. The molecular formula is C26H34NO7P. The molecule has 0 bridgehead atoms. The van der Waals surface area contributed by atoms with Gasteiger partial charge >= 0.3 is 0 Å². The number of hydrogen-bond donors (Lipinski definition) is 5. The van der Waals surface area contributed by atoms with Crippen LogP contribution in [-0.4, -0.2) is 58.1 Å². The fourth-order valence-electron chi connectivity index (χ4n) is 3.64. The molecule has 3 unspecified atom stereocenters. The van der Waals surface area contributed by atoms with Crippen molar-refractivity contribution < 1.29 is 34.3 Å². The van der Waals surface area contributed by atoms with E-state index < -0.39 is 19.1 Å². The number of allylic oxidation sites excluding steroid dienone is 1. The van der Waals surface area contributed by atoms with E-state index in [1.54, 1.807) is 24.3 Å². The summed E-state index contributed by atoms with van der Waals surface area (Å²) in [6, 6.07) is 16.3. The Morgan fingerprint density at radius 3 is 2.49 bits per heavy atom.